The predicted octanol–water partition coefficient (Wildman–Crippen LogP) is 5.31. The average Bonchev–Trinajstić information content (AvgIpc) is 2.94. The molecule has 0 aliphatic rings. The van der Waals surface area contributed by atoms with Crippen molar-refractivity contribution in [3.63, 3.8) is 0 Å². The molecule has 0 aliphatic heterocycles. The molecule has 0 spiro atoms. The molecule has 10 nitrogen and oxygen atoms in total. The number of carbonyl (C=O) groups is 2. The summed E-state index contributed by atoms with van der Waals surface area (Å²) in [4.78, 5) is 28.0. The fourth-order valence-corrected chi connectivity index (χ4v) is 7.18. The molecule has 0 fully saturated rings. The number of amides is 1. The molecule has 2 unspecified atom stereocenters. The van der Waals surface area contributed by atoms with E-state index in [1.807, 2.05) is 40.7 Å². The van der Waals surface area contributed by atoms with E-state index in [0.29, 0.717) is 18.4 Å². The van der Waals surface area contributed by atoms with Crippen molar-refractivity contribution in [3.8, 4) is 0 Å². The number of benzene rings is 2. The van der Waals surface area contributed by atoms with Crippen molar-refractivity contribution in [3.05, 3.63) is 57.6 Å². The quantitative estimate of drug-likeness (QED) is 0.175. The zero-order chi connectivity index (χ0) is 34.0. The molecule has 0 radical (unpaired) electrons. The third-order valence-corrected chi connectivity index (χ3v) is 9.71. The Morgan fingerprint density at radius 2 is 1.14 bits per heavy atom. The number of nitrogens with two attached hydrogens (primary N) is 2. The molecule has 4 N–H and O–H groups in total. The summed E-state index contributed by atoms with van der Waals surface area (Å²) in [6.45, 7) is 12.0. The molecular weight excluding hydrogens is 603 g/mol. The van der Waals surface area contributed by atoms with E-state index < -0.39 is 31.6 Å². The number of carbonyl (C=O) groups excluding carboxylic acids is 2. The maximum absolute atomic E-state index is 12.2. The summed E-state index contributed by atoms with van der Waals surface area (Å²) < 4.78 is 53.2. The summed E-state index contributed by atoms with van der Waals surface area (Å²) in [6, 6.07) is 6.53. The molecule has 246 valence electrons. The number of aryl methyl sites for hydroxylation is 2. The van der Waals surface area contributed by atoms with Crippen LogP contribution in [-0.4, -0.2) is 54.3 Å². The van der Waals surface area contributed by atoms with E-state index in [4.69, 9.17) is 16.2 Å². The fraction of sp³-hybridized carbons (Fsp3) is 0.531. The number of ether oxygens (including phenoxy) is 1. The third kappa shape index (κ3) is 10.4. The molecule has 2 aromatic carbocycles. The highest BCUT2D eigenvalue weighted by molar-refractivity contribution is 7.91. The standard InChI is InChI=1S/C16H25N3O3S.C16H24O4S/c1-5-7-10(3)12-8-11(6-2)13(15(20)19-16(17)18)9-14(12)23(4,21)22;1-6-8-11(3)13-9-12(7-2)14(16(17)20-4)10-15(13)21(5,18)19/h8-10H,5-7H2,1-4H3,(H4,17,18,19,20);9-11H,6-8H2,1-5H3. The molecule has 0 aromatic heterocycles. The van der Waals surface area contributed by atoms with E-state index in [2.05, 4.69) is 11.9 Å². The lowest BCUT2D eigenvalue weighted by atomic mass is 9.92. The maximum Gasteiger partial charge on any atom is 0.338 e. The SMILES string of the molecule is CCCC(C)c1cc(CC)c(C(=O)N=C(N)N)cc1S(C)(=O)=O.CCCC(C)c1cc(CC)c(C(=O)OC)cc1S(C)(=O)=O. The van der Waals surface area contributed by atoms with Crippen LogP contribution in [0.5, 0.6) is 0 Å². The van der Waals surface area contributed by atoms with Gasteiger partial charge in [0.05, 0.1) is 22.5 Å². The zero-order valence-electron chi connectivity index (χ0n) is 27.5. The van der Waals surface area contributed by atoms with Gasteiger partial charge in [0.1, 0.15) is 0 Å². The first-order valence-corrected chi connectivity index (χ1v) is 18.6. The van der Waals surface area contributed by atoms with Crippen LogP contribution in [0.2, 0.25) is 0 Å². The van der Waals surface area contributed by atoms with Crippen LogP contribution in [0, 0.1) is 0 Å². The number of rotatable bonds is 12. The van der Waals surface area contributed by atoms with Crippen LogP contribution in [0.1, 0.15) is 122 Å². The van der Waals surface area contributed by atoms with E-state index in [1.54, 1.807) is 6.07 Å². The van der Waals surface area contributed by atoms with Gasteiger partial charge in [-0.2, -0.15) is 4.99 Å². The van der Waals surface area contributed by atoms with Crippen molar-refractivity contribution in [2.75, 3.05) is 19.6 Å². The van der Waals surface area contributed by atoms with Gasteiger partial charge in [-0.15, -0.1) is 0 Å². The Morgan fingerprint density at radius 3 is 1.45 bits per heavy atom. The molecule has 0 bridgehead atoms. The van der Waals surface area contributed by atoms with Gasteiger partial charge in [0.15, 0.2) is 25.6 Å². The first-order valence-electron chi connectivity index (χ1n) is 14.8. The highest BCUT2D eigenvalue weighted by Crippen LogP contribution is 2.32. The zero-order valence-corrected chi connectivity index (χ0v) is 29.1. The highest BCUT2D eigenvalue weighted by atomic mass is 32.2. The maximum atomic E-state index is 12.2. The summed E-state index contributed by atoms with van der Waals surface area (Å²) in [6.07, 6.45) is 7.25. The van der Waals surface area contributed by atoms with Gasteiger partial charge < -0.3 is 16.2 Å². The van der Waals surface area contributed by atoms with Gasteiger partial charge in [0.25, 0.3) is 5.91 Å². The monoisotopic (exact) mass is 651 g/mol. The van der Waals surface area contributed by atoms with Crippen molar-refractivity contribution < 1.29 is 31.2 Å². The Balaban J connectivity index is 0.000000442. The van der Waals surface area contributed by atoms with Crippen LogP contribution < -0.4 is 11.5 Å². The van der Waals surface area contributed by atoms with E-state index in [0.717, 1.165) is 54.2 Å². The molecule has 12 heteroatoms. The summed E-state index contributed by atoms with van der Waals surface area (Å²) in [5.41, 5.74) is 14.2. The van der Waals surface area contributed by atoms with Gasteiger partial charge in [-0.3, -0.25) is 4.79 Å². The summed E-state index contributed by atoms with van der Waals surface area (Å²) in [7, 11) is -5.56. The van der Waals surface area contributed by atoms with Crippen molar-refractivity contribution in [2.24, 2.45) is 16.5 Å². The molecule has 0 saturated carbocycles. The lowest BCUT2D eigenvalue weighted by Crippen LogP contribution is -2.24. The first kappa shape index (κ1) is 38.8. The Labute approximate surface area is 263 Å². The lowest BCUT2D eigenvalue weighted by molar-refractivity contribution is 0.0599. The second-order valence-electron chi connectivity index (χ2n) is 11.1. The molecule has 2 atom stereocenters. The molecule has 0 heterocycles. The Kier molecular flexibility index (Phi) is 14.7. The number of hydrogen-bond acceptors (Lipinski definition) is 7. The highest BCUT2D eigenvalue weighted by Gasteiger charge is 2.24. The number of esters is 1. The minimum atomic E-state index is -3.47. The van der Waals surface area contributed by atoms with Gasteiger partial charge >= 0.3 is 5.97 Å². The van der Waals surface area contributed by atoms with Crippen LogP contribution in [0.25, 0.3) is 0 Å². The molecule has 0 saturated heterocycles. The summed E-state index contributed by atoms with van der Waals surface area (Å²) >= 11 is 0. The van der Waals surface area contributed by atoms with Gasteiger partial charge in [-0.1, -0.05) is 66.5 Å². The smallest absolute Gasteiger partial charge is 0.338 e. The molecule has 0 aliphatic carbocycles. The van der Waals surface area contributed by atoms with Crippen molar-refractivity contribution in [1.82, 2.24) is 0 Å². The Hall–Kier alpha value is -3.25. The van der Waals surface area contributed by atoms with E-state index in [-0.39, 0.29) is 33.1 Å². The minimum absolute atomic E-state index is 0.0854. The second-order valence-corrected chi connectivity index (χ2v) is 15.0. The topological polar surface area (TPSA) is 176 Å². The van der Waals surface area contributed by atoms with Crippen LogP contribution in [0.3, 0.4) is 0 Å². The van der Waals surface area contributed by atoms with E-state index >= 15 is 0 Å². The molecule has 2 rings (SSSR count). The van der Waals surface area contributed by atoms with E-state index in [9.17, 15) is 26.4 Å². The first-order chi connectivity index (χ1) is 20.4. The van der Waals surface area contributed by atoms with Crippen molar-refractivity contribution >= 4 is 37.5 Å². The molecule has 44 heavy (non-hydrogen) atoms. The minimum Gasteiger partial charge on any atom is -0.465 e. The predicted molar refractivity (Wildman–Crippen MR) is 176 cm³/mol. The largest absolute Gasteiger partial charge is 0.465 e. The van der Waals surface area contributed by atoms with Crippen LogP contribution in [-0.2, 0) is 37.3 Å². The number of aliphatic imine (C=N–C) groups is 1. The molecular formula is C32H49N3O7S2. The van der Waals surface area contributed by atoms with Crippen molar-refractivity contribution in [2.45, 2.75) is 102 Å². The third-order valence-electron chi connectivity index (χ3n) is 7.40. The van der Waals surface area contributed by atoms with Crippen molar-refractivity contribution in [1.29, 1.82) is 0 Å². The van der Waals surface area contributed by atoms with Gasteiger partial charge in [-0.25, -0.2) is 21.6 Å². The average molecular weight is 652 g/mol. The lowest BCUT2D eigenvalue weighted by Gasteiger charge is -2.18. The molecule has 1 amide bonds. The number of methoxy groups -OCH3 is 1. The van der Waals surface area contributed by atoms with Crippen LogP contribution in [0.15, 0.2) is 39.0 Å². The normalized spacial score (nSPS) is 12.8. The fourth-order valence-electron chi connectivity index (χ4n) is 5.14. The van der Waals surface area contributed by atoms with Crippen LogP contribution in [0.4, 0.5) is 0 Å². The van der Waals surface area contributed by atoms with Crippen LogP contribution >= 0.6 is 0 Å². The van der Waals surface area contributed by atoms with Gasteiger partial charge in [0.2, 0.25) is 0 Å². The van der Waals surface area contributed by atoms with Gasteiger partial charge in [0, 0.05) is 18.1 Å². The number of sulfone groups is 2. The Morgan fingerprint density at radius 1 is 0.750 bits per heavy atom. The number of hydrogen-bond donors (Lipinski definition) is 2. The second kappa shape index (κ2) is 16.7. The Bertz CT molecular complexity index is 1580. The number of guanidine groups is 1. The van der Waals surface area contributed by atoms with E-state index in [1.165, 1.54) is 25.5 Å². The summed E-state index contributed by atoms with van der Waals surface area (Å²) in [5.74, 6) is -1.24. The molecule has 2 aromatic rings. The van der Waals surface area contributed by atoms with Gasteiger partial charge in [-0.05, 0) is 71.9 Å². The summed E-state index contributed by atoms with van der Waals surface area (Å²) in [5, 5.41) is 0. The number of nitrogens with zero attached hydrogens (tertiary/aromatic N) is 1.